The molecule has 2 aromatic carbocycles. The number of carbonyl (C=O) groups excluding carboxylic acids is 2. The number of rotatable bonds is 8. The maximum atomic E-state index is 13.4. The van der Waals surface area contributed by atoms with Gasteiger partial charge >= 0.3 is 5.63 Å². The molecule has 7 heteroatoms. The number of aromatic nitrogens is 1. The van der Waals surface area contributed by atoms with Crippen LogP contribution in [0.1, 0.15) is 68.5 Å². The van der Waals surface area contributed by atoms with Gasteiger partial charge in [-0.05, 0) is 69.0 Å². The third kappa shape index (κ3) is 4.97. The number of fused-ring (bicyclic) bond motifs is 3. The standard InChI is InChI=1S/C31H35N3O4/c1-3-5-6-11-22-16-17-24(31(37)38-22)30(36)34-19-10-9-14-28(34)29(35)32-21-15-18-27-25(20-21)23-12-7-8-13-26(23)33(27)4-2/h7-8,12-13,15-18,20,28H,3-6,9-11,14,19H2,1-2H3,(H,32,35). The van der Waals surface area contributed by atoms with E-state index in [1.807, 2.05) is 30.3 Å². The Balaban J connectivity index is 1.36. The van der Waals surface area contributed by atoms with Crippen molar-refractivity contribution in [3.8, 4) is 0 Å². The fraction of sp³-hybridized carbons (Fsp3) is 0.387. The highest BCUT2D eigenvalue weighted by molar-refractivity contribution is 6.10. The molecule has 2 amide bonds. The van der Waals surface area contributed by atoms with E-state index in [-0.39, 0.29) is 11.5 Å². The SMILES string of the molecule is CCCCCc1ccc(C(=O)N2CCCCC2C(=O)Nc2ccc3c(c2)c2ccccc2n3CC)c(=O)o1. The second-order valence-electron chi connectivity index (χ2n) is 10.1. The van der Waals surface area contributed by atoms with Crippen LogP contribution in [0.5, 0.6) is 0 Å². The molecule has 0 radical (unpaired) electrons. The Bertz CT molecular complexity index is 1530. The monoisotopic (exact) mass is 513 g/mol. The fourth-order valence-electron chi connectivity index (χ4n) is 5.59. The molecule has 5 rings (SSSR count). The van der Waals surface area contributed by atoms with Crippen molar-refractivity contribution in [2.24, 2.45) is 0 Å². The average Bonchev–Trinajstić information content (AvgIpc) is 3.26. The molecule has 7 nitrogen and oxygen atoms in total. The van der Waals surface area contributed by atoms with Crippen LogP contribution in [0.2, 0.25) is 0 Å². The number of amides is 2. The maximum absolute atomic E-state index is 13.4. The summed E-state index contributed by atoms with van der Waals surface area (Å²) in [6, 6.07) is 16.8. The van der Waals surface area contributed by atoms with Crippen LogP contribution in [-0.4, -0.2) is 33.9 Å². The fourth-order valence-corrected chi connectivity index (χ4v) is 5.59. The predicted molar refractivity (Wildman–Crippen MR) is 151 cm³/mol. The van der Waals surface area contributed by atoms with Gasteiger partial charge in [-0.2, -0.15) is 0 Å². The van der Waals surface area contributed by atoms with Crippen molar-refractivity contribution in [2.45, 2.75) is 71.4 Å². The van der Waals surface area contributed by atoms with Crippen LogP contribution >= 0.6 is 0 Å². The lowest BCUT2D eigenvalue weighted by Gasteiger charge is -2.34. The first kappa shape index (κ1) is 25.8. The van der Waals surface area contributed by atoms with Gasteiger partial charge in [-0.15, -0.1) is 0 Å². The minimum atomic E-state index is -0.646. The Labute approximate surface area is 222 Å². The van der Waals surface area contributed by atoms with Crippen LogP contribution in [0, 0.1) is 0 Å². The molecule has 1 unspecified atom stereocenters. The van der Waals surface area contributed by atoms with E-state index in [1.165, 1.54) is 4.90 Å². The number of carbonyl (C=O) groups is 2. The number of anilines is 1. The van der Waals surface area contributed by atoms with Crippen LogP contribution in [0.25, 0.3) is 21.8 Å². The summed E-state index contributed by atoms with van der Waals surface area (Å²) in [5.74, 6) is -0.0925. The smallest absolute Gasteiger partial charge is 0.348 e. The van der Waals surface area contributed by atoms with Crippen molar-refractivity contribution in [1.82, 2.24) is 9.47 Å². The Morgan fingerprint density at radius 3 is 2.58 bits per heavy atom. The minimum Gasteiger partial charge on any atom is -0.427 e. The molecule has 2 aromatic heterocycles. The number of para-hydroxylation sites is 1. The number of hydrogen-bond donors (Lipinski definition) is 1. The molecule has 1 aliphatic heterocycles. The van der Waals surface area contributed by atoms with E-state index in [0.29, 0.717) is 30.8 Å². The highest BCUT2D eigenvalue weighted by Crippen LogP contribution is 2.31. The summed E-state index contributed by atoms with van der Waals surface area (Å²) in [6.07, 6.45) is 5.93. The predicted octanol–water partition coefficient (Wildman–Crippen LogP) is 6.13. The summed E-state index contributed by atoms with van der Waals surface area (Å²) in [4.78, 5) is 41.0. The molecule has 0 saturated carbocycles. The summed E-state index contributed by atoms with van der Waals surface area (Å²) >= 11 is 0. The lowest BCUT2D eigenvalue weighted by atomic mass is 10.00. The van der Waals surface area contributed by atoms with Gasteiger partial charge in [-0.1, -0.05) is 38.0 Å². The lowest BCUT2D eigenvalue weighted by Crippen LogP contribution is -2.50. The van der Waals surface area contributed by atoms with E-state index in [9.17, 15) is 14.4 Å². The van der Waals surface area contributed by atoms with Gasteiger partial charge in [0, 0.05) is 47.0 Å². The maximum Gasteiger partial charge on any atom is 0.348 e. The number of unbranched alkanes of at least 4 members (excludes halogenated alkanes) is 2. The van der Waals surface area contributed by atoms with Gasteiger partial charge in [0.1, 0.15) is 17.4 Å². The third-order valence-electron chi connectivity index (χ3n) is 7.56. The number of nitrogens with one attached hydrogen (secondary N) is 1. The summed E-state index contributed by atoms with van der Waals surface area (Å²) in [6.45, 7) is 5.52. The van der Waals surface area contributed by atoms with Gasteiger partial charge in [-0.25, -0.2) is 4.79 Å². The first-order valence-electron chi connectivity index (χ1n) is 13.8. The second-order valence-corrected chi connectivity index (χ2v) is 10.1. The van der Waals surface area contributed by atoms with Crippen LogP contribution < -0.4 is 10.9 Å². The summed E-state index contributed by atoms with van der Waals surface area (Å²) < 4.78 is 7.70. The number of piperidine rings is 1. The molecule has 1 aliphatic rings. The molecule has 38 heavy (non-hydrogen) atoms. The Morgan fingerprint density at radius 1 is 0.974 bits per heavy atom. The highest BCUT2D eigenvalue weighted by atomic mass is 16.4. The molecule has 1 atom stereocenters. The molecule has 198 valence electrons. The first-order chi connectivity index (χ1) is 18.5. The van der Waals surface area contributed by atoms with E-state index in [2.05, 4.69) is 35.9 Å². The number of aryl methyl sites for hydroxylation is 2. The zero-order valence-electron chi connectivity index (χ0n) is 22.2. The van der Waals surface area contributed by atoms with E-state index in [4.69, 9.17) is 4.42 Å². The highest BCUT2D eigenvalue weighted by Gasteiger charge is 2.34. The normalized spacial score (nSPS) is 15.7. The van der Waals surface area contributed by atoms with Gasteiger partial charge in [0.2, 0.25) is 5.91 Å². The van der Waals surface area contributed by atoms with Gasteiger partial charge in [-0.3, -0.25) is 9.59 Å². The van der Waals surface area contributed by atoms with Crippen LogP contribution in [-0.2, 0) is 17.8 Å². The average molecular weight is 514 g/mol. The van der Waals surface area contributed by atoms with Gasteiger partial charge in [0.25, 0.3) is 5.91 Å². The van der Waals surface area contributed by atoms with Crippen LogP contribution in [0.15, 0.2) is 63.8 Å². The van der Waals surface area contributed by atoms with Crippen molar-refractivity contribution in [3.05, 3.63) is 76.3 Å². The Kier molecular flexibility index (Phi) is 7.63. The second kappa shape index (κ2) is 11.3. The number of nitrogens with zero attached hydrogens (tertiary/aromatic N) is 2. The largest absolute Gasteiger partial charge is 0.427 e. The number of likely N-dealkylation sites (tertiary alicyclic amines) is 1. The molecule has 1 fully saturated rings. The molecule has 3 heterocycles. The molecule has 1 saturated heterocycles. The summed E-state index contributed by atoms with van der Waals surface area (Å²) in [5, 5.41) is 5.26. The lowest BCUT2D eigenvalue weighted by molar-refractivity contribution is -0.121. The molecule has 0 spiro atoms. The molecule has 1 N–H and O–H groups in total. The third-order valence-corrected chi connectivity index (χ3v) is 7.56. The van der Waals surface area contributed by atoms with Crippen LogP contribution in [0.4, 0.5) is 5.69 Å². The van der Waals surface area contributed by atoms with Crippen molar-refractivity contribution < 1.29 is 14.0 Å². The summed E-state index contributed by atoms with van der Waals surface area (Å²) in [5.41, 5.74) is 2.32. The van der Waals surface area contributed by atoms with Crippen molar-refractivity contribution in [3.63, 3.8) is 0 Å². The topological polar surface area (TPSA) is 84.5 Å². The number of benzene rings is 2. The van der Waals surface area contributed by atoms with E-state index >= 15 is 0 Å². The quantitative estimate of drug-likeness (QED) is 0.287. The Hall–Kier alpha value is -3.87. The van der Waals surface area contributed by atoms with E-state index in [0.717, 1.165) is 60.5 Å². The molecular weight excluding hydrogens is 478 g/mol. The van der Waals surface area contributed by atoms with E-state index < -0.39 is 17.6 Å². The van der Waals surface area contributed by atoms with Crippen molar-refractivity contribution in [2.75, 3.05) is 11.9 Å². The minimum absolute atomic E-state index is 0.0160. The molecular formula is C31H35N3O4. The van der Waals surface area contributed by atoms with Gasteiger partial charge in [0.15, 0.2) is 0 Å². The summed E-state index contributed by atoms with van der Waals surface area (Å²) in [7, 11) is 0. The van der Waals surface area contributed by atoms with Crippen molar-refractivity contribution in [1.29, 1.82) is 0 Å². The molecule has 0 aliphatic carbocycles. The molecule has 0 bridgehead atoms. The number of hydrogen-bond acceptors (Lipinski definition) is 4. The van der Waals surface area contributed by atoms with Crippen molar-refractivity contribution >= 4 is 39.3 Å². The van der Waals surface area contributed by atoms with Gasteiger partial charge in [0.05, 0.1) is 0 Å². The zero-order chi connectivity index (χ0) is 26.6. The van der Waals surface area contributed by atoms with Crippen LogP contribution in [0.3, 0.4) is 0 Å². The first-order valence-corrected chi connectivity index (χ1v) is 13.8. The Morgan fingerprint density at radius 2 is 1.79 bits per heavy atom. The van der Waals surface area contributed by atoms with Gasteiger partial charge < -0.3 is 19.2 Å². The zero-order valence-corrected chi connectivity index (χ0v) is 22.2. The van der Waals surface area contributed by atoms with E-state index in [1.54, 1.807) is 12.1 Å². The molecule has 4 aromatic rings.